The molecule has 0 amide bonds. The van der Waals surface area contributed by atoms with Crippen LogP contribution >= 0.6 is 11.3 Å². The molecule has 2 aromatic rings. The van der Waals surface area contributed by atoms with Crippen molar-refractivity contribution in [3.63, 3.8) is 0 Å². The lowest BCUT2D eigenvalue weighted by Gasteiger charge is -1.96. The van der Waals surface area contributed by atoms with Crippen molar-refractivity contribution >= 4 is 27.4 Å². The number of fused-ring (bicyclic) bond motifs is 1. The average Bonchev–Trinajstić information content (AvgIpc) is 2.71. The second kappa shape index (κ2) is 4.03. The van der Waals surface area contributed by atoms with Gasteiger partial charge in [0.15, 0.2) is 0 Å². The molecule has 0 bridgehead atoms. The first-order valence-electron chi connectivity index (χ1n) is 4.86. The summed E-state index contributed by atoms with van der Waals surface area (Å²) in [4.78, 5) is 12.0. The highest BCUT2D eigenvalue weighted by Crippen LogP contribution is 2.28. The van der Waals surface area contributed by atoms with Gasteiger partial charge in [-0.15, -0.1) is 11.3 Å². The molecule has 0 aliphatic rings. The molecule has 2 nitrogen and oxygen atoms in total. The van der Waals surface area contributed by atoms with Crippen LogP contribution in [0, 0.1) is 0 Å². The molecule has 0 saturated carbocycles. The van der Waals surface area contributed by atoms with Crippen LogP contribution < -0.4 is 0 Å². The van der Waals surface area contributed by atoms with E-state index in [1.54, 1.807) is 0 Å². The van der Waals surface area contributed by atoms with Gasteiger partial charge in [-0.3, -0.25) is 0 Å². The van der Waals surface area contributed by atoms with Crippen LogP contribution in [-0.4, -0.2) is 13.1 Å². The van der Waals surface area contributed by atoms with Gasteiger partial charge >= 0.3 is 5.97 Å². The van der Waals surface area contributed by atoms with Crippen LogP contribution in [0.4, 0.5) is 0 Å². The van der Waals surface area contributed by atoms with Gasteiger partial charge in [-0.05, 0) is 29.5 Å². The minimum atomic E-state index is -0.252. The fourth-order valence-corrected chi connectivity index (χ4v) is 2.66. The minimum Gasteiger partial charge on any atom is -0.465 e. The van der Waals surface area contributed by atoms with E-state index < -0.39 is 0 Å². The third-order valence-electron chi connectivity index (χ3n) is 2.42. The van der Waals surface area contributed by atoms with Crippen LogP contribution in [0.2, 0.25) is 0 Å². The van der Waals surface area contributed by atoms with Gasteiger partial charge in [-0.2, -0.15) is 0 Å². The Hall–Kier alpha value is -1.35. The van der Waals surface area contributed by atoms with Crippen LogP contribution in [0.5, 0.6) is 0 Å². The van der Waals surface area contributed by atoms with E-state index in [9.17, 15) is 4.79 Å². The number of methoxy groups -OCH3 is 1. The van der Waals surface area contributed by atoms with Crippen LogP contribution in [0.1, 0.15) is 22.2 Å². The minimum absolute atomic E-state index is 0.252. The van der Waals surface area contributed by atoms with E-state index in [-0.39, 0.29) is 5.97 Å². The molecule has 0 aliphatic heterocycles. The Morgan fingerprint density at radius 2 is 2.27 bits per heavy atom. The third kappa shape index (κ3) is 1.75. The first-order chi connectivity index (χ1) is 7.26. The molecule has 0 fully saturated rings. The molecule has 15 heavy (non-hydrogen) atoms. The molecule has 0 atom stereocenters. The number of thiophene rings is 1. The van der Waals surface area contributed by atoms with Crippen molar-refractivity contribution < 1.29 is 9.53 Å². The molecule has 1 aromatic carbocycles. The first-order valence-corrected chi connectivity index (χ1v) is 5.67. The lowest BCUT2D eigenvalue weighted by molar-refractivity contribution is 0.0606. The average molecular weight is 220 g/mol. The second-order valence-corrected chi connectivity index (χ2v) is 4.37. The zero-order chi connectivity index (χ0) is 10.8. The molecule has 0 radical (unpaired) electrons. The molecular weight excluding hydrogens is 208 g/mol. The second-order valence-electron chi connectivity index (χ2n) is 3.28. The maximum absolute atomic E-state index is 11.4. The highest BCUT2D eigenvalue weighted by molar-refractivity contribution is 7.20. The van der Waals surface area contributed by atoms with Crippen LogP contribution in [-0.2, 0) is 11.2 Å². The number of aryl methyl sites for hydroxylation is 1. The number of benzene rings is 1. The van der Waals surface area contributed by atoms with Gasteiger partial charge in [0.25, 0.3) is 0 Å². The Morgan fingerprint density at radius 1 is 1.47 bits per heavy atom. The zero-order valence-electron chi connectivity index (χ0n) is 8.74. The van der Waals surface area contributed by atoms with E-state index in [0.29, 0.717) is 4.88 Å². The van der Waals surface area contributed by atoms with Gasteiger partial charge in [0.05, 0.1) is 7.11 Å². The summed E-state index contributed by atoms with van der Waals surface area (Å²) >= 11 is 1.48. The number of carbonyl (C=O) groups excluding carboxylic acids is 1. The number of hydrogen-bond acceptors (Lipinski definition) is 3. The zero-order valence-corrected chi connectivity index (χ0v) is 9.56. The number of ether oxygens (including phenoxy) is 1. The maximum atomic E-state index is 11.4. The van der Waals surface area contributed by atoms with Crippen molar-refractivity contribution in [2.75, 3.05) is 7.11 Å². The number of hydrogen-bond donors (Lipinski definition) is 0. The van der Waals surface area contributed by atoms with Crippen molar-refractivity contribution in [3.8, 4) is 0 Å². The standard InChI is InChI=1S/C12H12O2S/c1-3-8-5-4-6-10-9(8)7-11(15-10)12(13)14-2/h4-7H,3H2,1-2H3. The van der Waals surface area contributed by atoms with Gasteiger partial charge in [0.1, 0.15) is 4.88 Å². The van der Waals surface area contributed by atoms with E-state index in [2.05, 4.69) is 13.0 Å². The molecule has 3 heteroatoms. The smallest absolute Gasteiger partial charge is 0.348 e. The first kappa shape index (κ1) is 10.2. The Bertz CT molecular complexity index is 499. The molecule has 0 N–H and O–H groups in total. The molecule has 2 rings (SSSR count). The molecule has 1 heterocycles. The lowest BCUT2D eigenvalue weighted by Crippen LogP contribution is -1.96. The topological polar surface area (TPSA) is 26.3 Å². The summed E-state index contributed by atoms with van der Waals surface area (Å²) < 4.78 is 5.86. The van der Waals surface area contributed by atoms with Crippen LogP contribution in [0.25, 0.3) is 10.1 Å². The van der Waals surface area contributed by atoms with Gasteiger partial charge in [-0.25, -0.2) is 4.79 Å². The largest absolute Gasteiger partial charge is 0.465 e. The predicted octanol–water partition coefficient (Wildman–Crippen LogP) is 3.25. The summed E-state index contributed by atoms with van der Waals surface area (Å²) in [6.07, 6.45) is 0.981. The number of carbonyl (C=O) groups is 1. The number of rotatable bonds is 2. The monoisotopic (exact) mass is 220 g/mol. The third-order valence-corrected chi connectivity index (χ3v) is 3.50. The van der Waals surface area contributed by atoms with Crippen molar-refractivity contribution in [2.24, 2.45) is 0 Å². The fourth-order valence-electron chi connectivity index (χ4n) is 1.63. The van der Waals surface area contributed by atoms with E-state index in [1.165, 1.54) is 29.4 Å². The van der Waals surface area contributed by atoms with E-state index in [4.69, 9.17) is 4.74 Å². The molecule has 78 valence electrons. The van der Waals surface area contributed by atoms with Crippen molar-refractivity contribution in [1.82, 2.24) is 0 Å². The molecule has 0 aliphatic carbocycles. The summed E-state index contributed by atoms with van der Waals surface area (Å²) in [5, 5.41) is 1.17. The molecule has 0 unspecified atom stereocenters. The normalized spacial score (nSPS) is 10.5. The summed E-state index contributed by atoms with van der Waals surface area (Å²) in [6.45, 7) is 2.12. The number of esters is 1. The van der Waals surface area contributed by atoms with Crippen molar-refractivity contribution in [3.05, 3.63) is 34.7 Å². The Balaban J connectivity index is 2.60. The summed E-state index contributed by atoms with van der Waals surface area (Å²) in [5.41, 5.74) is 1.28. The van der Waals surface area contributed by atoms with Crippen LogP contribution in [0.15, 0.2) is 24.3 Å². The van der Waals surface area contributed by atoms with Crippen molar-refractivity contribution in [2.45, 2.75) is 13.3 Å². The Morgan fingerprint density at radius 3 is 2.93 bits per heavy atom. The predicted molar refractivity (Wildman–Crippen MR) is 62.5 cm³/mol. The Labute approximate surface area is 92.5 Å². The van der Waals surface area contributed by atoms with E-state index in [1.807, 2.05) is 18.2 Å². The van der Waals surface area contributed by atoms with Gasteiger partial charge in [0.2, 0.25) is 0 Å². The van der Waals surface area contributed by atoms with Gasteiger partial charge in [-0.1, -0.05) is 19.1 Å². The molecule has 0 saturated heterocycles. The highest BCUT2D eigenvalue weighted by atomic mass is 32.1. The Kier molecular flexibility index (Phi) is 2.73. The fraction of sp³-hybridized carbons (Fsp3) is 0.250. The summed E-state index contributed by atoms with van der Waals surface area (Å²) in [5.74, 6) is -0.252. The summed E-state index contributed by atoms with van der Waals surface area (Å²) in [7, 11) is 1.41. The van der Waals surface area contributed by atoms with Gasteiger partial charge < -0.3 is 4.74 Å². The molecule has 0 spiro atoms. The molecule has 1 aromatic heterocycles. The van der Waals surface area contributed by atoms with E-state index >= 15 is 0 Å². The van der Waals surface area contributed by atoms with Crippen LogP contribution in [0.3, 0.4) is 0 Å². The highest BCUT2D eigenvalue weighted by Gasteiger charge is 2.11. The summed E-state index contributed by atoms with van der Waals surface area (Å²) in [6, 6.07) is 8.07. The lowest BCUT2D eigenvalue weighted by atomic mass is 10.1. The molecular formula is C12H12O2S. The van der Waals surface area contributed by atoms with E-state index in [0.717, 1.165) is 11.1 Å². The van der Waals surface area contributed by atoms with Gasteiger partial charge in [0, 0.05) is 4.70 Å². The maximum Gasteiger partial charge on any atom is 0.348 e. The van der Waals surface area contributed by atoms with Crippen molar-refractivity contribution in [1.29, 1.82) is 0 Å². The SMILES string of the molecule is CCc1cccc2sc(C(=O)OC)cc12. The quantitative estimate of drug-likeness (QED) is 0.726.